The van der Waals surface area contributed by atoms with Gasteiger partial charge in [-0.05, 0) is 29.8 Å². The monoisotopic (exact) mass is 364 g/mol. The molecular weight excluding hydrogens is 343 g/mol. The van der Waals surface area contributed by atoms with Crippen molar-refractivity contribution in [3.05, 3.63) is 58.7 Å². The second-order valence-corrected chi connectivity index (χ2v) is 6.32. The van der Waals surface area contributed by atoms with Gasteiger partial charge in [-0.1, -0.05) is 12.1 Å². The van der Waals surface area contributed by atoms with Gasteiger partial charge in [0.2, 0.25) is 0 Å². The van der Waals surface area contributed by atoms with Crippen LogP contribution in [0.15, 0.2) is 36.4 Å². The molecule has 0 saturated heterocycles. The molecule has 0 atom stereocenters. The van der Waals surface area contributed by atoms with Crippen LogP contribution in [0.2, 0.25) is 0 Å². The Morgan fingerprint density at radius 2 is 1.62 bits per heavy atom. The van der Waals surface area contributed by atoms with Crippen molar-refractivity contribution in [2.45, 2.75) is 26.1 Å². The van der Waals surface area contributed by atoms with Crippen molar-refractivity contribution < 1.29 is 27.2 Å². The molecule has 3 rings (SSSR count). The van der Waals surface area contributed by atoms with Gasteiger partial charge in [0.15, 0.2) is 23.8 Å². The zero-order valence-corrected chi connectivity index (χ0v) is 15.0. The summed E-state index contributed by atoms with van der Waals surface area (Å²) >= 11 is 0. The highest BCUT2D eigenvalue weighted by Gasteiger charge is 2.30. The fraction of sp³-hybridized carbons (Fsp3) is 0.350. The van der Waals surface area contributed by atoms with Gasteiger partial charge in [0.25, 0.3) is 0 Å². The second kappa shape index (κ2) is 7.02. The van der Waals surface area contributed by atoms with E-state index in [2.05, 4.69) is 4.58 Å². The third-order valence-corrected chi connectivity index (χ3v) is 4.78. The lowest BCUT2D eigenvalue weighted by Gasteiger charge is -2.19. The van der Waals surface area contributed by atoms with E-state index >= 15 is 0 Å². The SMILES string of the molecule is COc1cc2c(cc1OC)C(C)=[N+](Cc1ccc(C(F)(F)F)cc1)CC2. The minimum absolute atomic E-state index is 0.567. The Labute approximate surface area is 150 Å². The predicted octanol–water partition coefficient (Wildman–Crippen LogP) is 4.30. The van der Waals surface area contributed by atoms with E-state index in [-0.39, 0.29) is 0 Å². The van der Waals surface area contributed by atoms with E-state index in [1.807, 2.05) is 19.1 Å². The van der Waals surface area contributed by atoms with E-state index in [0.29, 0.717) is 18.0 Å². The summed E-state index contributed by atoms with van der Waals surface area (Å²) in [5, 5.41) is 0. The normalized spacial score (nSPS) is 14.2. The van der Waals surface area contributed by atoms with Gasteiger partial charge in [-0.2, -0.15) is 13.2 Å². The number of benzene rings is 2. The van der Waals surface area contributed by atoms with Crippen molar-refractivity contribution in [2.24, 2.45) is 0 Å². The van der Waals surface area contributed by atoms with Crippen molar-refractivity contribution in [3.8, 4) is 11.5 Å². The highest BCUT2D eigenvalue weighted by Crippen LogP contribution is 2.33. The van der Waals surface area contributed by atoms with Gasteiger partial charge < -0.3 is 9.47 Å². The Morgan fingerprint density at radius 1 is 1.00 bits per heavy atom. The molecule has 2 aromatic rings. The third kappa shape index (κ3) is 3.54. The van der Waals surface area contributed by atoms with Gasteiger partial charge in [-0.3, -0.25) is 0 Å². The van der Waals surface area contributed by atoms with Crippen LogP contribution < -0.4 is 9.47 Å². The number of rotatable bonds is 4. The van der Waals surface area contributed by atoms with Crippen molar-refractivity contribution in [1.29, 1.82) is 0 Å². The molecule has 0 amide bonds. The molecule has 0 radical (unpaired) electrons. The third-order valence-electron chi connectivity index (χ3n) is 4.78. The van der Waals surface area contributed by atoms with E-state index in [9.17, 15) is 13.2 Å². The first-order chi connectivity index (χ1) is 12.3. The first kappa shape index (κ1) is 18.3. The number of alkyl halides is 3. The molecule has 0 aromatic heterocycles. The second-order valence-electron chi connectivity index (χ2n) is 6.32. The van der Waals surface area contributed by atoms with Gasteiger partial charge in [-0.15, -0.1) is 0 Å². The molecule has 2 aromatic carbocycles. The van der Waals surface area contributed by atoms with E-state index in [1.54, 1.807) is 26.4 Å². The van der Waals surface area contributed by atoms with Crippen LogP contribution in [-0.4, -0.2) is 31.1 Å². The molecule has 0 unspecified atom stereocenters. The molecule has 0 fully saturated rings. The summed E-state index contributed by atoms with van der Waals surface area (Å²) in [6, 6.07) is 9.31. The smallest absolute Gasteiger partial charge is 0.416 e. The quantitative estimate of drug-likeness (QED) is 0.755. The highest BCUT2D eigenvalue weighted by atomic mass is 19.4. The molecule has 0 N–H and O–H groups in total. The van der Waals surface area contributed by atoms with Crippen molar-refractivity contribution in [2.75, 3.05) is 20.8 Å². The number of nitrogens with zero attached hydrogens (tertiary/aromatic N) is 1. The summed E-state index contributed by atoms with van der Waals surface area (Å²) in [6.45, 7) is 3.39. The molecule has 1 heterocycles. The van der Waals surface area contributed by atoms with Crippen LogP contribution in [0.25, 0.3) is 0 Å². The molecule has 1 aliphatic rings. The number of hydrogen-bond acceptors (Lipinski definition) is 2. The lowest BCUT2D eigenvalue weighted by atomic mass is 9.96. The van der Waals surface area contributed by atoms with Crippen molar-refractivity contribution >= 4 is 5.71 Å². The van der Waals surface area contributed by atoms with Crippen LogP contribution >= 0.6 is 0 Å². The molecule has 0 bridgehead atoms. The summed E-state index contributed by atoms with van der Waals surface area (Å²) in [6.07, 6.45) is -3.46. The average Bonchev–Trinajstić information content (AvgIpc) is 2.63. The van der Waals surface area contributed by atoms with Crippen LogP contribution in [0.5, 0.6) is 11.5 Å². The lowest BCUT2D eigenvalue weighted by Crippen LogP contribution is -2.28. The molecule has 0 saturated carbocycles. The number of halogens is 3. The summed E-state index contributed by atoms with van der Waals surface area (Å²) in [5.74, 6) is 1.37. The van der Waals surface area contributed by atoms with Crippen LogP contribution in [0.4, 0.5) is 13.2 Å². The Morgan fingerprint density at radius 3 is 2.19 bits per heavy atom. The number of methoxy groups -OCH3 is 2. The van der Waals surface area contributed by atoms with E-state index < -0.39 is 11.7 Å². The molecule has 138 valence electrons. The van der Waals surface area contributed by atoms with E-state index in [0.717, 1.165) is 41.9 Å². The standard InChI is InChI=1S/C20H21F3NO2/c1-13-17-11-19(26-3)18(25-2)10-15(17)8-9-24(13)12-14-4-6-16(7-5-14)20(21,22)23/h4-7,10-11H,8-9,12H2,1-3H3/q+1. The summed E-state index contributed by atoms with van der Waals surface area (Å²) in [4.78, 5) is 0. The largest absolute Gasteiger partial charge is 0.493 e. The van der Waals surface area contributed by atoms with Crippen LogP contribution in [-0.2, 0) is 19.1 Å². The summed E-state index contributed by atoms with van der Waals surface area (Å²) in [7, 11) is 3.21. The van der Waals surface area contributed by atoms with Gasteiger partial charge >= 0.3 is 6.18 Å². The first-order valence-electron chi connectivity index (χ1n) is 8.33. The minimum atomic E-state index is -4.31. The molecular formula is C20H21F3NO2+. The van der Waals surface area contributed by atoms with Crippen LogP contribution in [0.3, 0.4) is 0 Å². The average molecular weight is 364 g/mol. The lowest BCUT2D eigenvalue weighted by molar-refractivity contribution is -0.545. The van der Waals surface area contributed by atoms with E-state index in [1.165, 1.54) is 5.56 Å². The van der Waals surface area contributed by atoms with Crippen molar-refractivity contribution in [3.63, 3.8) is 0 Å². The predicted molar refractivity (Wildman–Crippen MR) is 93.3 cm³/mol. The first-order valence-corrected chi connectivity index (χ1v) is 8.33. The molecule has 0 aliphatic carbocycles. The summed E-state index contributed by atoms with van der Waals surface area (Å²) < 4.78 is 51.0. The van der Waals surface area contributed by atoms with Crippen LogP contribution in [0, 0.1) is 0 Å². The Bertz CT molecular complexity index is 839. The Hall–Kier alpha value is -2.50. The maximum Gasteiger partial charge on any atom is 0.416 e. The van der Waals surface area contributed by atoms with Gasteiger partial charge in [0.1, 0.15) is 6.54 Å². The van der Waals surface area contributed by atoms with Crippen LogP contribution in [0.1, 0.15) is 29.2 Å². The van der Waals surface area contributed by atoms with Gasteiger partial charge in [0, 0.05) is 24.5 Å². The summed E-state index contributed by atoms with van der Waals surface area (Å²) in [5.41, 5.74) is 3.57. The number of hydrogen-bond donors (Lipinski definition) is 0. The zero-order valence-electron chi connectivity index (χ0n) is 15.0. The fourth-order valence-electron chi connectivity index (χ4n) is 3.28. The van der Waals surface area contributed by atoms with E-state index in [4.69, 9.17) is 9.47 Å². The molecule has 3 nitrogen and oxygen atoms in total. The molecule has 6 heteroatoms. The highest BCUT2D eigenvalue weighted by molar-refractivity contribution is 5.97. The number of fused-ring (bicyclic) bond motifs is 1. The topological polar surface area (TPSA) is 21.5 Å². The molecule has 1 aliphatic heterocycles. The molecule has 26 heavy (non-hydrogen) atoms. The minimum Gasteiger partial charge on any atom is -0.493 e. The Kier molecular flexibility index (Phi) is 4.94. The van der Waals surface area contributed by atoms with Crippen molar-refractivity contribution in [1.82, 2.24) is 0 Å². The Balaban J connectivity index is 1.90. The molecule has 0 spiro atoms. The maximum atomic E-state index is 12.7. The van der Waals surface area contributed by atoms with Gasteiger partial charge in [-0.25, -0.2) is 4.58 Å². The van der Waals surface area contributed by atoms with Gasteiger partial charge in [0.05, 0.1) is 19.8 Å². The number of ether oxygens (including phenoxy) is 2. The fourth-order valence-corrected chi connectivity index (χ4v) is 3.28. The zero-order chi connectivity index (χ0) is 18.9. The maximum absolute atomic E-state index is 12.7.